The molecule has 1 aliphatic heterocycles. The van der Waals surface area contributed by atoms with Crippen LogP contribution in [0, 0.1) is 23.7 Å². The van der Waals surface area contributed by atoms with Crippen molar-refractivity contribution in [2.24, 2.45) is 23.7 Å². The number of amides is 2. The molecule has 2 fully saturated rings. The smallest absolute Gasteiger partial charge is 0.234 e. The van der Waals surface area contributed by atoms with Gasteiger partial charge >= 0.3 is 0 Å². The molecule has 44 heavy (non-hydrogen) atoms. The van der Waals surface area contributed by atoms with Crippen molar-refractivity contribution < 1.29 is 14.7 Å². The van der Waals surface area contributed by atoms with Gasteiger partial charge in [-0.3, -0.25) is 24.5 Å². The standard InChI is InChI=1S/C37H34N4O3/c1-40(2)21-22-41-35(42)32-26-23-27(37(44,25-15-7-4-8-16-25)29-18-10-12-20-39-29)33(34(32)36(41)43)31(26)30(24-13-5-3-6-14-24)28-17-9-11-19-38-28/h3-20,23,26,32-34,44H,21-22H2,1-2H3. The summed E-state index contributed by atoms with van der Waals surface area (Å²) in [5.41, 5.74) is 3.78. The number of fused-ring (bicyclic) bond motifs is 5. The Kier molecular flexibility index (Phi) is 7.07. The fourth-order valence-corrected chi connectivity index (χ4v) is 7.43. The fourth-order valence-electron chi connectivity index (χ4n) is 7.43. The van der Waals surface area contributed by atoms with Crippen LogP contribution in [-0.4, -0.2) is 63.9 Å². The first kappa shape index (κ1) is 28.1. The van der Waals surface area contributed by atoms with Crippen LogP contribution in [0.2, 0.25) is 0 Å². The van der Waals surface area contributed by atoms with E-state index in [0.29, 0.717) is 29.9 Å². The number of nitrogens with zero attached hydrogens (tertiary/aromatic N) is 4. The second-order valence-electron chi connectivity index (χ2n) is 12.0. The van der Waals surface area contributed by atoms with Crippen molar-refractivity contribution in [3.8, 4) is 0 Å². The second kappa shape index (κ2) is 11.1. The molecule has 0 spiro atoms. The van der Waals surface area contributed by atoms with Gasteiger partial charge in [0.25, 0.3) is 0 Å². The fraction of sp³-hybridized carbons (Fsp3) is 0.243. The largest absolute Gasteiger partial charge is 0.375 e. The lowest BCUT2D eigenvalue weighted by atomic mass is 9.71. The summed E-state index contributed by atoms with van der Waals surface area (Å²) in [6, 6.07) is 30.8. The van der Waals surface area contributed by atoms with E-state index in [1.807, 2.05) is 116 Å². The van der Waals surface area contributed by atoms with Gasteiger partial charge in [-0.15, -0.1) is 0 Å². The predicted molar refractivity (Wildman–Crippen MR) is 168 cm³/mol. The van der Waals surface area contributed by atoms with Crippen molar-refractivity contribution in [1.29, 1.82) is 0 Å². The van der Waals surface area contributed by atoms with Crippen LogP contribution < -0.4 is 0 Å². The van der Waals surface area contributed by atoms with E-state index < -0.39 is 29.3 Å². The van der Waals surface area contributed by atoms with Crippen LogP contribution >= 0.6 is 0 Å². The summed E-state index contributed by atoms with van der Waals surface area (Å²) in [6.07, 6.45) is 5.49. The molecule has 3 aliphatic rings. The molecule has 7 heteroatoms. The maximum absolute atomic E-state index is 14.3. The zero-order chi connectivity index (χ0) is 30.4. The highest BCUT2D eigenvalue weighted by atomic mass is 16.3. The van der Waals surface area contributed by atoms with E-state index in [1.165, 1.54) is 4.90 Å². The molecule has 1 saturated carbocycles. The quantitative estimate of drug-likeness (QED) is 0.242. The van der Waals surface area contributed by atoms with Gasteiger partial charge in [0.15, 0.2) is 5.60 Å². The zero-order valence-corrected chi connectivity index (χ0v) is 24.7. The van der Waals surface area contributed by atoms with Crippen LogP contribution in [0.3, 0.4) is 0 Å². The summed E-state index contributed by atoms with van der Waals surface area (Å²) in [5, 5.41) is 12.9. The number of aliphatic hydroxyl groups is 1. The Morgan fingerprint density at radius 3 is 2.09 bits per heavy atom. The van der Waals surface area contributed by atoms with Crippen LogP contribution in [0.15, 0.2) is 127 Å². The monoisotopic (exact) mass is 582 g/mol. The molecule has 3 heterocycles. The maximum atomic E-state index is 14.3. The van der Waals surface area contributed by atoms with Crippen LogP contribution in [0.4, 0.5) is 0 Å². The third-order valence-corrected chi connectivity index (χ3v) is 9.31. The van der Waals surface area contributed by atoms with Crippen LogP contribution in [0.5, 0.6) is 0 Å². The zero-order valence-electron chi connectivity index (χ0n) is 24.7. The minimum atomic E-state index is -1.62. The predicted octanol–water partition coefficient (Wildman–Crippen LogP) is 4.56. The molecular weight excluding hydrogens is 548 g/mol. The van der Waals surface area contributed by atoms with Gasteiger partial charge in [0, 0.05) is 42.9 Å². The van der Waals surface area contributed by atoms with Crippen molar-refractivity contribution in [3.05, 3.63) is 149 Å². The van der Waals surface area contributed by atoms with Gasteiger partial charge < -0.3 is 10.0 Å². The number of likely N-dealkylation sites (N-methyl/N-ethyl adjacent to an activating group) is 1. The maximum Gasteiger partial charge on any atom is 0.234 e. The average Bonchev–Trinajstić information content (AvgIpc) is 3.68. The van der Waals surface area contributed by atoms with Gasteiger partial charge in [-0.25, -0.2) is 0 Å². The lowest BCUT2D eigenvalue weighted by Gasteiger charge is -2.36. The Bertz CT molecular complexity index is 1670. The van der Waals surface area contributed by atoms with Crippen molar-refractivity contribution in [2.45, 2.75) is 5.60 Å². The highest BCUT2D eigenvalue weighted by Crippen LogP contribution is 2.64. The molecule has 1 saturated heterocycles. The third kappa shape index (κ3) is 4.34. The number of likely N-dealkylation sites (tertiary alicyclic amines) is 1. The molecule has 2 aliphatic carbocycles. The Morgan fingerprint density at radius 2 is 1.45 bits per heavy atom. The number of imide groups is 1. The number of carbonyl (C=O) groups excluding carboxylic acids is 2. The average molecular weight is 583 g/mol. The minimum absolute atomic E-state index is 0.142. The lowest BCUT2D eigenvalue weighted by molar-refractivity contribution is -0.140. The van der Waals surface area contributed by atoms with E-state index in [9.17, 15) is 14.7 Å². The second-order valence-corrected chi connectivity index (χ2v) is 12.0. The number of rotatable bonds is 8. The molecule has 2 bridgehead atoms. The Morgan fingerprint density at radius 1 is 0.818 bits per heavy atom. The minimum Gasteiger partial charge on any atom is -0.375 e. The molecule has 2 amide bonds. The van der Waals surface area contributed by atoms with Gasteiger partial charge in [0.2, 0.25) is 11.8 Å². The van der Waals surface area contributed by atoms with Crippen molar-refractivity contribution in [3.63, 3.8) is 0 Å². The molecule has 1 N–H and O–H groups in total. The molecule has 7 nitrogen and oxygen atoms in total. The highest BCUT2D eigenvalue weighted by Gasteiger charge is 2.66. The third-order valence-electron chi connectivity index (χ3n) is 9.31. The Hall–Kier alpha value is -4.72. The first-order valence-corrected chi connectivity index (χ1v) is 15.0. The molecule has 7 rings (SSSR count). The van der Waals surface area contributed by atoms with Gasteiger partial charge in [-0.2, -0.15) is 0 Å². The van der Waals surface area contributed by atoms with Gasteiger partial charge in [-0.1, -0.05) is 78.9 Å². The molecular formula is C37H34N4O3. The summed E-state index contributed by atoms with van der Waals surface area (Å²) in [4.78, 5) is 41.2. The summed E-state index contributed by atoms with van der Waals surface area (Å²) in [5.74, 6) is -2.42. The summed E-state index contributed by atoms with van der Waals surface area (Å²) in [6.45, 7) is 0.917. The van der Waals surface area contributed by atoms with Gasteiger partial charge in [0.1, 0.15) is 0 Å². The van der Waals surface area contributed by atoms with E-state index >= 15 is 0 Å². The van der Waals surface area contributed by atoms with Crippen LogP contribution in [0.25, 0.3) is 5.57 Å². The van der Waals surface area contributed by atoms with Crippen LogP contribution in [-0.2, 0) is 15.2 Å². The molecule has 5 unspecified atom stereocenters. The van der Waals surface area contributed by atoms with E-state index in [-0.39, 0.29) is 11.8 Å². The summed E-state index contributed by atoms with van der Waals surface area (Å²) < 4.78 is 0. The van der Waals surface area contributed by atoms with Gasteiger partial charge in [0.05, 0.1) is 23.2 Å². The Balaban J connectivity index is 1.48. The number of pyridine rings is 2. The first-order chi connectivity index (χ1) is 21.4. The van der Waals surface area contributed by atoms with E-state index in [0.717, 1.165) is 22.4 Å². The SMILES string of the molecule is CN(C)CCN1C(=O)C2C3C=C(C(O)(c4ccccc4)c4ccccn4)C(C3=C(c3ccccc3)c3ccccn3)C2C1=O. The van der Waals surface area contributed by atoms with E-state index in [2.05, 4.69) is 11.1 Å². The van der Waals surface area contributed by atoms with E-state index in [4.69, 9.17) is 4.98 Å². The van der Waals surface area contributed by atoms with Crippen molar-refractivity contribution in [1.82, 2.24) is 19.8 Å². The number of allylic oxidation sites excluding steroid dienone is 2. The highest BCUT2D eigenvalue weighted by molar-refractivity contribution is 6.08. The number of aromatic nitrogens is 2. The lowest BCUT2D eigenvalue weighted by Crippen LogP contribution is -2.40. The molecule has 2 aromatic carbocycles. The molecule has 5 atom stereocenters. The molecule has 2 aromatic heterocycles. The number of benzene rings is 2. The summed E-state index contributed by atoms with van der Waals surface area (Å²) >= 11 is 0. The van der Waals surface area contributed by atoms with E-state index in [1.54, 1.807) is 12.4 Å². The number of hydrogen-bond donors (Lipinski definition) is 1. The molecule has 0 radical (unpaired) electrons. The summed E-state index contributed by atoms with van der Waals surface area (Å²) in [7, 11) is 3.86. The first-order valence-electron chi connectivity index (χ1n) is 15.0. The molecule has 4 aromatic rings. The Labute approximate surface area is 257 Å². The van der Waals surface area contributed by atoms with Crippen molar-refractivity contribution >= 4 is 17.4 Å². The van der Waals surface area contributed by atoms with Crippen molar-refractivity contribution in [2.75, 3.05) is 27.2 Å². The molecule has 220 valence electrons. The van der Waals surface area contributed by atoms with Gasteiger partial charge in [-0.05, 0) is 60.6 Å². The normalized spacial score (nSPS) is 24.8. The van der Waals surface area contributed by atoms with Crippen LogP contribution in [0.1, 0.15) is 22.5 Å². The topological polar surface area (TPSA) is 86.6 Å². The number of hydrogen-bond acceptors (Lipinski definition) is 6. The number of carbonyl (C=O) groups is 2.